The van der Waals surface area contributed by atoms with Gasteiger partial charge in [0.15, 0.2) is 0 Å². The SMILES string of the molecule is CCN(CC)c1ccc(C=NNC(=O)C(N)=O)c(O)c1. The van der Waals surface area contributed by atoms with E-state index in [2.05, 4.69) is 10.0 Å². The van der Waals surface area contributed by atoms with Crippen LogP contribution in [0.1, 0.15) is 19.4 Å². The van der Waals surface area contributed by atoms with Crippen LogP contribution in [0.4, 0.5) is 5.69 Å². The third kappa shape index (κ3) is 3.98. The minimum absolute atomic E-state index is 0.0338. The molecule has 1 rings (SSSR count). The van der Waals surface area contributed by atoms with Crippen molar-refractivity contribution >= 4 is 23.7 Å². The number of benzene rings is 1. The number of primary amides is 1. The summed E-state index contributed by atoms with van der Waals surface area (Å²) in [6.45, 7) is 5.71. The molecule has 0 spiro atoms. The molecular weight excluding hydrogens is 260 g/mol. The summed E-state index contributed by atoms with van der Waals surface area (Å²) in [5.41, 5.74) is 8.02. The summed E-state index contributed by atoms with van der Waals surface area (Å²) in [5.74, 6) is -2.10. The van der Waals surface area contributed by atoms with Gasteiger partial charge in [-0.1, -0.05) is 0 Å². The van der Waals surface area contributed by atoms with Gasteiger partial charge in [0.1, 0.15) is 5.75 Å². The lowest BCUT2D eigenvalue weighted by Crippen LogP contribution is -2.32. The average molecular weight is 278 g/mol. The Bertz CT molecular complexity index is 524. The first-order valence-corrected chi connectivity index (χ1v) is 6.20. The molecule has 7 heteroatoms. The molecule has 0 atom stereocenters. The number of aromatic hydroxyl groups is 1. The molecule has 0 unspecified atom stereocenters. The van der Waals surface area contributed by atoms with Crippen molar-refractivity contribution < 1.29 is 14.7 Å². The Labute approximate surface area is 117 Å². The van der Waals surface area contributed by atoms with Gasteiger partial charge in [0.2, 0.25) is 0 Å². The number of hydrazone groups is 1. The molecule has 0 aliphatic heterocycles. The number of nitrogens with two attached hydrogens (primary N) is 1. The van der Waals surface area contributed by atoms with Crippen LogP contribution in [0.25, 0.3) is 0 Å². The summed E-state index contributed by atoms with van der Waals surface area (Å²) in [6.07, 6.45) is 1.24. The predicted molar refractivity (Wildman–Crippen MR) is 76.6 cm³/mol. The van der Waals surface area contributed by atoms with Gasteiger partial charge in [0.05, 0.1) is 6.21 Å². The highest BCUT2D eigenvalue weighted by atomic mass is 16.3. The van der Waals surface area contributed by atoms with Gasteiger partial charge >= 0.3 is 11.8 Å². The average Bonchev–Trinajstić information content (AvgIpc) is 2.42. The van der Waals surface area contributed by atoms with E-state index in [-0.39, 0.29) is 5.75 Å². The van der Waals surface area contributed by atoms with Crippen LogP contribution in [0.2, 0.25) is 0 Å². The molecule has 20 heavy (non-hydrogen) atoms. The van der Waals surface area contributed by atoms with Crippen molar-refractivity contribution in [3.63, 3.8) is 0 Å². The summed E-state index contributed by atoms with van der Waals surface area (Å²) in [6, 6.07) is 5.12. The largest absolute Gasteiger partial charge is 0.507 e. The number of hydrogen-bond donors (Lipinski definition) is 3. The van der Waals surface area contributed by atoms with Crippen LogP contribution >= 0.6 is 0 Å². The van der Waals surface area contributed by atoms with Gasteiger partial charge in [0, 0.05) is 30.4 Å². The number of nitrogens with zero attached hydrogens (tertiary/aromatic N) is 2. The number of phenols is 1. The summed E-state index contributed by atoms with van der Waals surface area (Å²) >= 11 is 0. The Kier molecular flexibility index (Phi) is 5.52. The number of carbonyl (C=O) groups excluding carboxylic acids is 2. The topological polar surface area (TPSA) is 108 Å². The molecule has 2 amide bonds. The van der Waals surface area contributed by atoms with Crippen molar-refractivity contribution in [1.29, 1.82) is 0 Å². The molecule has 0 radical (unpaired) electrons. The zero-order valence-electron chi connectivity index (χ0n) is 11.5. The number of anilines is 1. The third-order valence-electron chi connectivity index (χ3n) is 2.74. The Morgan fingerprint density at radius 2 is 2.05 bits per heavy atom. The van der Waals surface area contributed by atoms with E-state index >= 15 is 0 Å². The molecule has 1 aromatic rings. The van der Waals surface area contributed by atoms with E-state index in [1.807, 2.05) is 25.3 Å². The van der Waals surface area contributed by atoms with Gasteiger partial charge in [-0.05, 0) is 26.0 Å². The van der Waals surface area contributed by atoms with Crippen molar-refractivity contribution in [2.45, 2.75) is 13.8 Å². The summed E-state index contributed by atoms with van der Waals surface area (Å²) in [7, 11) is 0. The van der Waals surface area contributed by atoms with Crippen molar-refractivity contribution in [3.05, 3.63) is 23.8 Å². The van der Waals surface area contributed by atoms with E-state index in [0.717, 1.165) is 18.8 Å². The number of nitrogens with one attached hydrogen (secondary N) is 1. The van der Waals surface area contributed by atoms with Crippen molar-refractivity contribution in [1.82, 2.24) is 5.43 Å². The van der Waals surface area contributed by atoms with E-state index in [1.165, 1.54) is 6.21 Å². The molecular formula is C13H18N4O3. The van der Waals surface area contributed by atoms with Gasteiger partial charge in [0.25, 0.3) is 0 Å². The van der Waals surface area contributed by atoms with Gasteiger partial charge < -0.3 is 15.7 Å². The van der Waals surface area contributed by atoms with E-state index in [9.17, 15) is 14.7 Å². The van der Waals surface area contributed by atoms with E-state index < -0.39 is 11.8 Å². The van der Waals surface area contributed by atoms with Crippen molar-refractivity contribution in [3.8, 4) is 5.75 Å². The van der Waals surface area contributed by atoms with E-state index in [0.29, 0.717) is 5.56 Å². The molecule has 7 nitrogen and oxygen atoms in total. The molecule has 0 bridgehead atoms. The highest BCUT2D eigenvalue weighted by Crippen LogP contribution is 2.23. The lowest BCUT2D eigenvalue weighted by molar-refractivity contribution is -0.137. The highest BCUT2D eigenvalue weighted by Gasteiger charge is 2.07. The second-order valence-electron chi connectivity index (χ2n) is 3.98. The maximum atomic E-state index is 10.9. The summed E-state index contributed by atoms with van der Waals surface area (Å²) < 4.78 is 0. The van der Waals surface area contributed by atoms with Crippen molar-refractivity contribution in [2.24, 2.45) is 10.8 Å². The molecule has 4 N–H and O–H groups in total. The fourth-order valence-electron chi connectivity index (χ4n) is 1.64. The number of carbonyl (C=O) groups is 2. The molecule has 0 saturated heterocycles. The van der Waals surface area contributed by atoms with Crippen LogP contribution in [-0.4, -0.2) is 36.2 Å². The lowest BCUT2D eigenvalue weighted by atomic mass is 10.2. The first-order valence-electron chi connectivity index (χ1n) is 6.20. The predicted octanol–water partition coefficient (Wildman–Crippen LogP) is 0.174. The Morgan fingerprint density at radius 1 is 1.40 bits per heavy atom. The summed E-state index contributed by atoms with van der Waals surface area (Å²) in [4.78, 5) is 23.4. The zero-order chi connectivity index (χ0) is 15.1. The van der Waals surface area contributed by atoms with Crippen molar-refractivity contribution in [2.75, 3.05) is 18.0 Å². The lowest BCUT2D eigenvalue weighted by Gasteiger charge is -2.21. The molecule has 0 aliphatic carbocycles. The van der Waals surface area contributed by atoms with Gasteiger partial charge in [-0.15, -0.1) is 0 Å². The third-order valence-corrected chi connectivity index (χ3v) is 2.74. The van der Waals surface area contributed by atoms with Crippen LogP contribution < -0.4 is 16.1 Å². The standard InChI is InChI=1S/C13H18N4O3/c1-3-17(4-2)10-6-5-9(11(18)7-10)8-15-16-13(20)12(14)19/h5-8,18H,3-4H2,1-2H3,(H2,14,19)(H,16,20). The quantitative estimate of drug-likeness (QED) is 0.405. The fraction of sp³-hybridized carbons (Fsp3) is 0.308. The minimum Gasteiger partial charge on any atom is -0.507 e. The second-order valence-corrected chi connectivity index (χ2v) is 3.98. The molecule has 1 aromatic carbocycles. The minimum atomic E-state index is -1.12. The summed E-state index contributed by atoms with van der Waals surface area (Å²) in [5, 5.41) is 13.4. The van der Waals surface area contributed by atoms with Gasteiger partial charge in [-0.2, -0.15) is 5.10 Å². The van der Waals surface area contributed by atoms with Crippen LogP contribution in [-0.2, 0) is 9.59 Å². The Morgan fingerprint density at radius 3 is 2.55 bits per heavy atom. The first kappa shape index (κ1) is 15.5. The maximum Gasteiger partial charge on any atom is 0.329 e. The highest BCUT2D eigenvalue weighted by molar-refractivity contribution is 6.34. The van der Waals surface area contributed by atoms with Crippen LogP contribution in [0.5, 0.6) is 5.75 Å². The first-order chi connectivity index (χ1) is 9.49. The normalized spacial score (nSPS) is 10.5. The zero-order valence-corrected chi connectivity index (χ0v) is 11.5. The number of phenolic OH excluding ortho intramolecular Hbond substituents is 1. The monoisotopic (exact) mass is 278 g/mol. The number of hydrogen-bond acceptors (Lipinski definition) is 5. The van der Waals surface area contributed by atoms with E-state index in [4.69, 9.17) is 5.73 Å². The van der Waals surface area contributed by atoms with Gasteiger partial charge in [-0.25, -0.2) is 5.43 Å². The molecule has 0 saturated carbocycles. The number of rotatable bonds is 5. The van der Waals surface area contributed by atoms with E-state index in [1.54, 1.807) is 12.1 Å². The maximum absolute atomic E-state index is 10.9. The smallest absolute Gasteiger partial charge is 0.329 e. The second kappa shape index (κ2) is 7.13. The molecule has 0 aliphatic rings. The Balaban J connectivity index is 2.81. The molecule has 0 fully saturated rings. The van der Waals surface area contributed by atoms with Gasteiger partial charge in [-0.3, -0.25) is 9.59 Å². The van der Waals surface area contributed by atoms with Crippen LogP contribution in [0.3, 0.4) is 0 Å². The van der Waals surface area contributed by atoms with Crippen LogP contribution in [0.15, 0.2) is 23.3 Å². The van der Waals surface area contributed by atoms with Crippen LogP contribution in [0, 0.1) is 0 Å². The Hall–Kier alpha value is -2.57. The number of amides is 2. The molecule has 108 valence electrons. The fourth-order valence-corrected chi connectivity index (χ4v) is 1.64. The molecule has 0 heterocycles. The molecule has 0 aromatic heterocycles.